The van der Waals surface area contributed by atoms with E-state index >= 15 is 0 Å². The van der Waals surface area contributed by atoms with Crippen LogP contribution in [-0.2, 0) is 9.59 Å². The number of carbonyl (C=O) groups excluding carboxylic acids is 1. The summed E-state index contributed by atoms with van der Waals surface area (Å²) >= 11 is 6.02. The Morgan fingerprint density at radius 3 is 2.52 bits per heavy atom. The van der Waals surface area contributed by atoms with Crippen molar-refractivity contribution in [3.8, 4) is 5.75 Å². The molecule has 6 nitrogen and oxygen atoms in total. The molecule has 1 aromatic rings. The second-order valence-corrected chi connectivity index (χ2v) is 5.36. The molecule has 1 aromatic carbocycles. The number of rotatable bonds is 8. The zero-order chi connectivity index (χ0) is 16.7. The summed E-state index contributed by atoms with van der Waals surface area (Å²) in [5.41, 5.74) is 1.33. The molecule has 0 atom stereocenters. The molecule has 0 aliphatic carbocycles. The molecule has 0 aliphatic rings. The smallest absolute Gasteiger partial charge is 0.317 e. The van der Waals surface area contributed by atoms with Crippen molar-refractivity contribution in [1.82, 2.24) is 4.90 Å². The largest absolute Gasteiger partial charge is 0.495 e. The second-order valence-electron chi connectivity index (χ2n) is 4.95. The molecule has 0 saturated heterocycles. The number of hydrogen-bond acceptors (Lipinski definition) is 4. The van der Waals surface area contributed by atoms with Gasteiger partial charge in [-0.2, -0.15) is 0 Å². The van der Waals surface area contributed by atoms with Gasteiger partial charge in [0.15, 0.2) is 0 Å². The molecule has 0 aliphatic heterocycles. The number of nitrogens with zero attached hydrogens (tertiary/aromatic N) is 1. The van der Waals surface area contributed by atoms with Gasteiger partial charge >= 0.3 is 5.97 Å². The number of nitrogens with one attached hydrogen (secondary N) is 1. The summed E-state index contributed by atoms with van der Waals surface area (Å²) in [6, 6.07) is 3.36. The van der Waals surface area contributed by atoms with Crippen LogP contribution >= 0.6 is 24.0 Å². The Hall–Kier alpha value is -1.50. The zero-order valence-corrected chi connectivity index (χ0v) is 15.0. The number of carbonyl (C=O) groups is 2. The van der Waals surface area contributed by atoms with Gasteiger partial charge in [0.05, 0.1) is 25.9 Å². The molecule has 0 bridgehead atoms. The third-order valence-electron chi connectivity index (χ3n) is 3.02. The molecule has 0 unspecified atom stereocenters. The van der Waals surface area contributed by atoms with Gasteiger partial charge in [0.1, 0.15) is 5.75 Å². The number of amides is 1. The van der Waals surface area contributed by atoms with Crippen molar-refractivity contribution in [3.63, 3.8) is 0 Å². The average Bonchev–Trinajstić information content (AvgIpc) is 2.42. The highest BCUT2D eigenvalue weighted by Crippen LogP contribution is 2.30. The number of hydrogen-bond donors (Lipinski definition) is 2. The Kier molecular flexibility index (Phi) is 9.64. The van der Waals surface area contributed by atoms with E-state index in [1.165, 1.54) is 7.11 Å². The number of benzene rings is 1. The maximum atomic E-state index is 12.1. The number of carboxylic acids is 1. The SMILES string of the molecule is CCCN(CC(=O)O)CC(=O)Nc1cc(C)c(Cl)cc1OC.Cl. The van der Waals surface area contributed by atoms with Crippen LogP contribution in [0, 0.1) is 6.92 Å². The molecule has 8 heteroatoms. The number of aryl methyl sites for hydroxylation is 1. The van der Waals surface area contributed by atoms with Crippen molar-refractivity contribution in [3.05, 3.63) is 22.7 Å². The Balaban J connectivity index is 0.00000484. The lowest BCUT2D eigenvalue weighted by Crippen LogP contribution is -2.37. The van der Waals surface area contributed by atoms with E-state index < -0.39 is 5.97 Å². The maximum Gasteiger partial charge on any atom is 0.317 e. The molecule has 0 spiro atoms. The summed E-state index contributed by atoms with van der Waals surface area (Å²) in [6.45, 7) is 4.13. The highest BCUT2D eigenvalue weighted by molar-refractivity contribution is 6.31. The summed E-state index contributed by atoms with van der Waals surface area (Å²) in [5, 5.41) is 12.1. The Bertz CT molecular complexity index is 553. The van der Waals surface area contributed by atoms with Gasteiger partial charge in [-0.1, -0.05) is 18.5 Å². The molecule has 1 amide bonds. The fourth-order valence-corrected chi connectivity index (χ4v) is 2.20. The number of methoxy groups -OCH3 is 1. The minimum absolute atomic E-state index is 0. The lowest BCUT2D eigenvalue weighted by atomic mass is 10.2. The zero-order valence-electron chi connectivity index (χ0n) is 13.4. The fraction of sp³-hybridized carbons (Fsp3) is 0.467. The molecule has 0 saturated carbocycles. The van der Waals surface area contributed by atoms with E-state index in [9.17, 15) is 9.59 Å². The van der Waals surface area contributed by atoms with Crippen molar-refractivity contribution in [2.45, 2.75) is 20.3 Å². The highest BCUT2D eigenvalue weighted by Gasteiger charge is 2.15. The van der Waals surface area contributed by atoms with Gasteiger partial charge in [-0.15, -0.1) is 12.4 Å². The molecule has 23 heavy (non-hydrogen) atoms. The predicted octanol–water partition coefficient (Wildman–Crippen LogP) is 2.81. The summed E-state index contributed by atoms with van der Waals surface area (Å²) in [4.78, 5) is 24.5. The minimum Gasteiger partial charge on any atom is -0.495 e. The lowest BCUT2D eigenvalue weighted by molar-refractivity contribution is -0.138. The first kappa shape index (κ1) is 21.5. The van der Waals surface area contributed by atoms with Crippen molar-refractivity contribution in [2.24, 2.45) is 0 Å². The van der Waals surface area contributed by atoms with Crippen molar-refractivity contribution in [2.75, 3.05) is 32.1 Å². The van der Waals surface area contributed by atoms with Gasteiger partial charge in [0, 0.05) is 11.1 Å². The Morgan fingerprint density at radius 2 is 2.00 bits per heavy atom. The Morgan fingerprint density at radius 1 is 1.35 bits per heavy atom. The van der Waals surface area contributed by atoms with Gasteiger partial charge in [0.2, 0.25) is 5.91 Å². The molecule has 1 rings (SSSR count). The monoisotopic (exact) mass is 364 g/mol. The Labute approximate surface area is 147 Å². The first-order valence-corrected chi connectivity index (χ1v) is 7.33. The first-order chi connectivity index (χ1) is 10.4. The molecule has 0 fully saturated rings. The molecule has 0 aromatic heterocycles. The molecule has 2 N–H and O–H groups in total. The quantitative estimate of drug-likeness (QED) is 0.741. The van der Waals surface area contributed by atoms with E-state index in [-0.39, 0.29) is 31.4 Å². The van der Waals surface area contributed by atoms with Crippen molar-refractivity contribution >= 4 is 41.6 Å². The molecule has 130 valence electrons. The van der Waals surface area contributed by atoms with Gasteiger partial charge in [-0.25, -0.2) is 0 Å². The third kappa shape index (κ3) is 7.07. The number of anilines is 1. The summed E-state index contributed by atoms with van der Waals surface area (Å²) in [5.74, 6) is -0.792. The highest BCUT2D eigenvalue weighted by atomic mass is 35.5. The van der Waals surface area contributed by atoms with E-state index in [1.807, 2.05) is 13.8 Å². The van der Waals surface area contributed by atoms with E-state index in [0.29, 0.717) is 23.0 Å². The molecular weight excluding hydrogens is 343 g/mol. The predicted molar refractivity (Wildman–Crippen MR) is 93.0 cm³/mol. The average molecular weight is 365 g/mol. The number of halogens is 2. The standard InChI is InChI=1S/C15H21ClN2O4.ClH/c1-4-5-18(9-15(20)21)8-14(19)17-12-6-10(2)11(16)7-13(12)22-3;/h6-7H,4-5,8-9H2,1-3H3,(H,17,19)(H,20,21);1H. The van der Waals surface area contributed by atoms with E-state index in [1.54, 1.807) is 17.0 Å². The minimum atomic E-state index is -0.957. The van der Waals surface area contributed by atoms with Crippen LogP contribution in [0.1, 0.15) is 18.9 Å². The normalized spacial score (nSPS) is 10.1. The number of ether oxygens (including phenoxy) is 1. The van der Waals surface area contributed by atoms with Crippen LogP contribution < -0.4 is 10.1 Å². The fourth-order valence-electron chi connectivity index (χ4n) is 2.04. The number of carboxylic acid groups (broad SMARTS) is 1. The topological polar surface area (TPSA) is 78.9 Å². The number of aliphatic carboxylic acids is 1. The van der Waals surface area contributed by atoms with E-state index in [2.05, 4.69) is 5.32 Å². The van der Waals surface area contributed by atoms with E-state index in [0.717, 1.165) is 12.0 Å². The van der Waals surface area contributed by atoms with Crippen LogP contribution in [0.25, 0.3) is 0 Å². The maximum absolute atomic E-state index is 12.1. The summed E-state index contributed by atoms with van der Waals surface area (Å²) < 4.78 is 5.19. The van der Waals surface area contributed by atoms with Gasteiger partial charge in [-0.05, 0) is 31.5 Å². The van der Waals surface area contributed by atoms with Crippen LogP contribution in [0.5, 0.6) is 5.75 Å². The van der Waals surface area contributed by atoms with Crippen LogP contribution in [0.4, 0.5) is 5.69 Å². The van der Waals surface area contributed by atoms with Gasteiger partial charge < -0.3 is 15.2 Å². The van der Waals surface area contributed by atoms with E-state index in [4.69, 9.17) is 21.4 Å². The van der Waals surface area contributed by atoms with Crippen LogP contribution in [0.2, 0.25) is 5.02 Å². The van der Waals surface area contributed by atoms with Crippen LogP contribution in [-0.4, -0.2) is 48.6 Å². The van der Waals surface area contributed by atoms with Crippen LogP contribution in [0.15, 0.2) is 12.1 Å². The first-order valence-electron chi connectivity index (χ1n) is 6.95. The lowest BCUT2D eigenvalue weighted by Gasteiger charge is -2.19. The van der Waals surface area contributed by atoms with Gasteiger partial charge in [0.25, 0.3) is 0 Å². The molecule has 0 heterocycles. The van der Waals surface area contributed by atoms with Crippen LogP contribution in [0.3, 0.4) is 0 Å². The summed E-state index contributed by atoms with van der Waals surface area (Å²) in [6.07, 6.45) is 0.768. The summed E-state index contributed by atoms with van der Waals surface area (Å²) in [7, 11) is 1.49. The third-order valence-corrected chi connectivity index (χ3v) is 3.43. The molecule has 0 radical (unpaired) electrons. The van der Waals surface area contributed by atoms with Crippen molar-refractivity contribution < 1.29 is 19.4 Å². The second kappa shape index (κ2) is 10.3. The van der Waals surface area contributed by atoms with Crippen molar-refractivity contribution in [1.29, 1.82) is 0 Å². The molecular formula is C15H22Cl2N2O4. The van der Waals surface area contributed by atoms with Gasteiger partial charge in [-0.3, -0.25) is 14.5 Å².